The molecular weight excluding hydrogens is 414 g/mol. The van der Waals surface area contributed by atoms with Gasteiger partial charge >= 0.3 is 0 Å². The van der Waals surface area contributed by atoms with Crippen LogP contribution in [0.1, 0.15) is 10.4 Å². The van der Waals surface area contributed by atoms with E-state index in [0.717, 1.165) is 5.69 Å². The van der Waals surface area contributed by atoms with Gasteiger partial charge in [0.2, 0.25) is 0 Å². The lowest BCUT2D eigenvalue weighted by Crippen LogP contribution is -2.26. The van der Waals surface area contributed by atoms with Crippen molar-refractivity contribution < 1.29 is 13.2 Å². The fraction of sp³-hybridized carbons (Fsp3) is 0.0455. The molecule has 1 N–H and O–H groups in total. The molecule has 0 aliphatic heterocycles. The summed E-state index contributed by atoms with van der Waals surface area (Å²) in [5.41, 5.74) is 2.13. The molecule has 0 saturated carbocycles. The van der Waals surface area contributed by atoms with Crippen LogP contribution in [0.25, 0.3) is 5.69 Å². The Morgan fingerprint density at radius 2 is 1.71 bits per heavy atom. The lowest BCUT2D eigenvalue weighted by Gasteiger charge is -2.19. The predicted molar refractivity (Wildman–Crippen MR) is 118 cm³/mol. The standard InChI is InChI=1S/C22H19N5O3S/c1-26(19-7-3-2-4-8-19)31(29,30)21-9-5-6-18(14-21)25-22(28)17-10-12-20(13-11-17)27-16-23-15-24-27/h2-16H,1H3,(H,25,28). The zero-order valence-corrected chi connectivity index (χ0v) is 17.4. The maximum atomic E-state index is 13.0. The fourth-order valence-electron chi connectivity index (χ4n) is 2.98. The van der Waals surface area contributed by atoms with Crippen molar-refractivity contribution in [1.29, 1.82) is 0 Å². The van der Waals surface area contributed by atoms with E-state index in [9.17, 15) is 13.2 Å². The summed E-state index contributed by atoms with van der Waals surface area (Å²) < 4.78 is 28.8. The first kappa shape index (κ1) is 20.3. The summed E-state index contributed by atoms with van der Waals surface area (Å²) in [6.45, 7) is 0. The van der Waals surface area contributed by atoms with Crippen molar-refractivity contribution in [3.63, 3.8) is 0 Å². The first-order valence-corrected chi connectivity index (χ1v) is 10.8. The fourth-order valence-corrected chi connectivity index (χ4v) is 4.22. The van der Waals surface area contributed by atoms with Crippen LogP contribution in [0.2, 0.25) is 0 Å². The Morgan fingerprint density at radius 3 is 2.39 bits per heavy atom. The minimum atomic E-state index is -3.78. The Labute approximate surface area is 179 Å². The van der Waals surface area contributed by atoms with E-state index >= 15 is 0 Å². The minimum absolute atomic E-state index is 0.0817. The van der Waals surface area contributed by atoms with Crippen molar-refractivity contribution in [2.24, 2.45) is 0 Å². The number of para-hydroxylation sites is 1. The molecule has 4 rings (SSSR count). The Kier molecular flexibility index (Phi) is 5.50. The summed E-state index contributed by atoms with van der Waals surface area (Å²) in [6.07, 6.45) is 2.99. The highest BCUT2D eigenvalue weighted by Gasteiger charge is 2.21. The van der Waals surface area contributed by atoms with Gasteiger partial charge in [0.25, 0.3) is 15.9 Å². The van der Waals surface area contributed by atoms with Gasteiger partial charge in [-0.3, -0.25) is 9.10 Å². The number of rotatable bonds is 6. The molecular formula is C22H19N5O3S. The summed E-state index contributed by atoms with van der Waals surface area (Å²) in [7, 11) is -2.29. The number of hydrogen-bond donors (Lipinski definition) is 1. The highest BCUT2D eigenvalue weighted by molar-refractivity contribution is 7.92. The lowest BCUT2D eigenvalue weighted by atomic mass is 10.2. The average molecular weight is 433 g/mol. The summed E-state index contributed by atoms with van der Waals surface area (Å²) in [4.78, 5) is 16.6. The molecule has 0 atom stereocenters. The number of carbonyl (C=O) groups is 1. The summed E-state index contributed by atoms with van der Waals surface area (Å²) in [6, 6.07) is 21.8. The molecule has 31 heavy (non-hydrogen) atoms. The van der Waals surface area contributed by atoms with Crippen molar-refractivity contribution in [1.82, 2.24) is 14.8 Å². The van der Waals surface area contributed by atoms with Crippen LogP contribution in [0.3, 0.4) is 0 Å². The minimum Gasteiger partial charge on any atom is -0.322 e. The predicted octanol–water partition coefficient (Wildman–Crippen LogP) is 3.34. The van der Waals surface area contributed by atoms with E-state index in [2.05, 4.69) is 15.4 Å². The number of hydrogen-bond acceptors (Lipinski definition) is 5. The second kappa shape index (κ2) is 8.41. The first-order valence-electron chi connectivity index (χ1n) is 9.35. The molecule has 9 heteroatoms. The van der Waals surface area contributed by atoms with Gasteiger partial charge in [0.1, 0.15) is 12.7 Å². The highest BCUT2D eigenvalue weighted by Crippen LogP contribution is 2.24. The Morgan fingerprint density at radius 1 is 0.968 bits per heavy atom. The summed E-state index contributed by atoms with van der Waals surface area (Å²) in [5.74, 6) is -0.351. The van der Waals surface area contributed by atoms with Crippen molar-refractivity contribution >= 4 is 27.3 Å². The van der Waals surface area contributed by atoms with E-state index in [1.165, 1.54) is 29.8 Å². The maximum Gasteiger partial charge on any atom is 0.264 e. The van der Waals surface area contributed by atoms with E-state index in [4.69, 9.17) is 0 Å². The summed E-state index contributed by atoms with van der Waals surface area (Å²) in [5, 5.41) is 6.79. The third-order valence-corrected chi connectivity index (χ3v) is 6.46. The number of sulfonamides is 1. The van der Waals surface area contributed by atoms with Gasteiger partial charge in [-0.2, -0.15) is 5.10 Å². The van der Waals surface area contributed by atoms with Crippen LogP contribution in [0.5, 0.6) is 0 Å². The zero-order chi connectivity index (χ0) is 21.8. The Balaban J connectivity index is 1.52. The molecule has 4 aromatic rings. The monoisotopic (exact) mass is 433 g/mol. The van der Waals surface area contributed by atoms with Crippen molar-refractivity contribution in [2.75, 3.05) is 16.7 Å². The van der Waals surface area contributed by atoms with E-state index in [0.29, 0.717) is 16.9 Å². The molecule has 0 spiro atoms. The molecule has 0 aliphatic carbocycles. The van der Waals surface area contributed by atoms with Gasteiger partial charge < -0.3 is 5.32 Å². The zero-order valence-electron chi connectivity index (χ0n) is 16.6. The third kappa shape index (κ3) is 4.31. The second-order valence-corrected chi connectivity index (χ2v) is 8.65. The smallest absolute Gasteiger partial charge is 0.264 e. The van der Waals surface area contributed by atoms with E-state index in [1.54, 1.807) is 71.7 Å². The molecule has 0 radical (unpaired) electrons. The van der Waals surface area contributed by atoms with Crippen molar-refractivity contribution in [3.8, 4) is 5.69 Å². The van der Waals surface area contributed by atoms with Crippen molar-refractivity contribution in [2.45, 2.75) is 4.90 Å². The number of amides is 1. The molecule has 156 valence electrons. The van der Waals surface area contributed by atoms with Crippen LogP contribution >= 0.6 is 0 Å². The van der Waals surface area contributed by atoms with Gasteiger partial charge in [-0.25, -0.2) is 18.1 Å². The average Bonchev–Trinajstić information content (AvgIpc) is 3.34. The highest BCUT2D eigenvalue weighted by atomic mass is 32.2. The molecule has 1 heterocycles. The van der Waals surface area contributed by atoms with Crippen LogP contribution < -0.4 is 9.62 Å². The molecule has 1 amide bonds. The van der Waals surface area contributed by atoms with E-state index < -0.39 is 10.0 Å². The normalized spacial score (nSPS) is 11.1. The molecule has 0 unspecified atom stereocenters. The van der Waals surface area contributed by atoms with Crippen LogP contribution in [-0.2, 0) is 10.0 Å². The number of nitrogens with one attached hydrogen (secondary N) is 1. The quantitative estimate of drug-likeness (QED) is 0.503. The Hall–Kier alpha value is -3.98. The topological polar surface area (TPSA) is 97.2 Å². The maximum absolute atomic E-state index is 13.0. The molecule has 3 aromatic carbocycles. The van der Waals surface area contributed by atoms with E-state index in [1.807, 2.05) is 6.07 Å². The van der Waals surface area contributed by atoms with Gasteiger partial charge in [0.15, 0.2) is 0 Å². The van der Waals surface area contributed by atoms with Gasteiger partial charge in [-0.15, -0.1) is 0 Å². The molecule has 8 nitrogen and oxygen atoms in total. The third-order valence-electron chi connectivity index (χ3n) is 4.68. The number of aromatic nitrogens is 3. The van der Waals surface area contributed by atoms with Crippen LogP contribution in [0.4, 0.5) is 11.4 Å². The van der Waals surface area contributed by atoms with Crippen molar-refractivity contribution in [3.05, 3.63) is 97.1 Å². The van der Waals surface area contributed by atoms with Crippen LogP contribution in [0.15, 0.2) is 96.4 Å². The molecule has 0 fully saturated rings. The van der Waals surface area contributed by atoms with Gasteiger partial charge in [0.05, 0.1) is 16.3 Å². The SMILES string of the molecule is CN(c1ccccc1)S(=O)(=O)c1cccc(NC(=O)c2ccc(-n3cncn3)cc2)c1. The Bertz CT molecular complexity index is 1290. The molecule has 0 bridgehead atoms. The van der Waals surface area contributed by atoms with Gasteiger partial charge in [0, 0.05) is 18.3 Å². The van der Waals surface area contributed by atoms with Gasteiger partial charge in [-0.05, 0) is 54.6 Å². The molecule has 0 saturated heterocycles. The van der Waals surface area contributed by atoms with Crippen LogP contribution in [-0.4, -0.2) is 36.1 Å². The lowest BCUT2D eigenvalue weighted by molar-refractivity contribution is 0.102. The number of nitrogens with zero attached hydrogens (tertiary/aromatic N) is 4. The molecule has 0 aliphatic rings. The van der Waals surface area contributed by atoms with Gasteiger partial charge in [-0.1, -0.05) is 24.3 Å². The van der Waals surface area contributed by atoms with E-state index in [-0.39, 0.29) is 10.8 Å². The number of carbonyl (C=O) groups excluding carboxylic acids is 1. The number of anilines is 2. The second-order valence-electron chi connectivity index (χ2n) is 6.68. The number of benzene rings is 3. The largest absolute Gasteiger partial charge is 0.322 e. The molecule has 1 aromatic heterocycles. The first-order chi connectivity index (χ1) is 14.9. The summed E-state index contributed by atoms with van der Waals surface area (Å²) >= 11 is 0. The van der Waals surface area contributed by atoms with Crippen LogP contribution in [0, 0.1) is 0 Å².